The number of aryl methyl sites for hydroxylation is 1. The van der Waals surface area contributed by atoms with Crippen LogP contribution in [0, 0.1) is 11.7 Å². The fourth-order valence-corrected chi connectivity index (χ4v) is 1.77. The second kappa shape index (κ2) is 8.56. The fourth-order valence-electron chi connectivity index (χ4n) is 1.77. The van der Waals surface area contributed by atoms with Gasteiger partial charge in [0.2, 0.25) is 0 Å². The van der Waals surface area contributed by atoms with Crippen LogP contribution in [-0.4, -0.2) is 19.2 Å². The van der Waals surface area contributed by atoms with Crippen molar-refractivity contribution in [2.75, 3.05) is 13.2 Å². The third-order valence-corrected chi connectivity index (χ3v) is 2.90. The van der Waals surface area contributed by atoms with Crippen molar-refractivity contribution in [2.24, 2.45) is 5.92 Å². The topological polar surface area (TPSA) is 35.5 Å². The summed E-state index contributed by atoms with van der Waals surface area (Å²) in [6, 6.07) is 5.19. The Morgan fingerprint density at radius 3 is 2.70 bits per heavy atom. The molecule has 0 aliphatic heterocycles. The number of esters is 1. The molecular formula is C16H23FO3. The van der Waals surface area contributed by atoms with Gasteiger partial charge in [-0.05, 0) is 37.8 Å². The van der Waals surface area contributed by atoms with Gasteiger partial charge in [0.15, 0.2) is 11.6 Å². The first-order valence-corrected chi connectivity index (χ1v) is 7.13. The molecule has 3 nitrogen and oxygen atoms in total. The summed E-state index contributed by atoms with van der Waals surface area (Å²) in [5.74, 6) is -0.269. The van der Waals surface area contributed by atoms with Crippen LogP contribution in [0.4, 0.5) is 4.39 Å². The Bertz CT molecular complexity index is 430. The summed E-state index contributed by atoms with van der Waals surface area (Å²) in [5.41, 5.74) is 0.645. The Kier molecular flexibility index (Phi) is 7.05. The van der Waals surface area contributed by atoms with Gasteiger partial charge in [0.05, 0.1) is 19.1 Å². The number of hydrogen-bond acceptors (Lipinski definition) is 3. The zero-order valence-corrected chi connectivity index (χ0v) is 12.4. The lowest BCUT2D eigenvalue weighted by Crippen LogP contribution is -2.12. The normalized spacial score (nSPS) is 10.7. The van der Waals surface area contributed by atoms with Crippen molar-refractivity contribution in [1.29, 1.82) is 0 Å². The Labute approximate surface area is 120 Å². The number of ether oxygens (including phenoxy) is 2. The number of halogens is 1. The molecule has 4 heteroatoms. The number of hydrogen-bond donors (Lipinski definition) is 0. The summed E-state index contributed by atoms with van der Waals surface area (Å²) in [6.45, 7) is 6.28. The molecule has 112 valence electrons. The van der Waals surface area contributed by atoms with Gasteiger partial charge in [0.1, 0.15) is 0 Å². The Hall–Kier alpha value is -1.58. The minimum absolute atomic E-state index is 0.102. The molecule has 0 N–H and O–H groups in total. The standard InChI is InChI=1S/C16H23FO3/c1-4-19-14-10-7-9-13(15(14)17)8-5-6-11-20-16(18)12(2)3/h7,9-10,12H,4-6,8,11H2,1-3H3. The molecule has 0 heterocycles. The molecule has 0 aliphatic rings. The van der Waals surface area contributed by atoms with Gasteiger partial charge in [-0.15, -0.1) is 0 Å². The van der Waals surface area contributed by atoms with Gasteiger partial charge in [-0.2, -0.15) is 0 Å². The highest BCUT2D eigenvalue weighted by Crippen LogP contribution is 2.21. The van der Waals surface area contributed by atoms with Crippen molar-refractivity contribution < 1.29 is 18.7 Å². The smallest absolute Gasteiger partial charge is 0.308 e. The van der Waals surface area contributed by atoms with Gasteiger partial charge < -0.3 is 9.47 Å². The largest absolute Gasteiger partial charge is 0.491 e. The number of unbranched alkanes of at least 4 members (excludes halogenated alkanes) is 1. The average molecular weight is 282 g/mol. The van der Waals surface area contributed by atoms with E-state index in [4.69, 9.17) is 9.47 Å². The van der Waals surface area contributed by atoms with Crippen LogP contribution in [0.1, 0.15) is 39.2 Å². The summed E-state index contributed by atoms with van der Waals surface area (Å²) in [4.78, 5) is 11.2. The first-order valence-electron chi connectivity index (χ1n) is 7.13. The molecule has 0 spiro atoms. The minimum atomic E-state index is -0.284. The molecule has 0 saturated heterocycles. The summed E-state index contributed by atoms with van der Waals surface area (Å²) in [7, 11) is 0. The Balaban J connectivity index is 2.35. The lowest BCUT2D eigenvalue weighted by Gasteiger charge is -2.09. The van der Waals surface area contributed by atoms with E-state index in [1.54, 1.807) is 32.0 Å². The van der Waals surface area contributed by atoms with Gasteiger partial charge >= 0.3 is 5.97 Å². The first kappa shape index (κ1) is 16.5. The summed E-state index contributed by atoms with van der Waals surface area (Å²) in [5, 5.41) is 0. The predicted molar refractivity (Wildman–Crippen MR) is 76.3 cm³/mol. The molecule has 0 amide bonds. The number of carbonyl (C=O) groups excluding carboxylic acids is 1. The maximum absolute atomic E-state index is 14.0. The molecule has 1 aromatic carbocycles. The highest BCUT2D eigenvalue weighted by molar-refractivity contribution is 5.71. The van der Waals surface area contributed by atoms with Crippen molar-refractivity contribution in [3.63, 3.8) is 0 Å². The lowest BCUT2D eigenvalue weighted by atomic mass is 10.1. The first-order chi connectivity index (χ1) is 9.56. The highest BCUT2D eigenvalue weighted by Gasteiger charge is 2.09. The van der Waals surface area contributed by atoms with E-state index in [0.29, 0.717) is 30.9 Å². The molecule has 0 aliphatic carbocycles. The second-order valence-electron chi connectivity index (χ2n) is 4.94. The van der Waals surface area contributed by atoms with E-state index in [0.717, 1.165) is 12.8 Å². The van der Waals surface area contributed by atoms with E-state index in [9.17, 15) is 9.18 Å². The van der Waals surface area contributed by atoms with Crippen LogP contribution in [-0.2, 0) is 16.0 Å². The molecule has 1 rings (SSSR count). The quantitative estimate of drug-likeness (QED) is 0.538. The maximum Gasteiger partial charge on any atom is 0.308 e. The van der Waals surface area contributed by atoms with Crippen LogP contribution < -0.4 is 4.74 Å². The van der Waals surface area contributed by atoms with E-state index < -0.39 is 0 Å². The van der Waals surface area contributed by atoms with Crippen molar-refractivity contribution in [2.45, 2.75) is 40.0 Å². The molecule has 20 heavy (non-hydrogen) atoms. The third-order valence-electron chi connectivity index (χ3n) is 2.90. The zero-order chi connectivity index (χ0) is 15.0. The SMILES string of the molecule is CCOc1cccc(CCCCOC(=O)C(C)C)c1F. The van der Waals surface area contributed by atoms with Crippen LogP contribution in [0.3, 0.4) is 0 Å². The van der Waals surface area contributed by atoms with Gasteiger partial charge in [-0.25, -0.2) is 4.39 Å². The van der Waals surface area contributed by atoms with E-state index in [1.807, 2.05) is 6.92 Å². The van der Waals surface area contributed by atoms with Gasteiger partial charge in [0, 0.05) is 0 Å². The molecule has 0 aromatic heterocycles. The summed E-state index contributed by atoms with van der Waals surface area (Å²) >= 11 is 0. The molecule has 0 radical (unpaired) electrons. The fraction of sp³-hybridized carbons (Fsp3) is 0.562. The monoisotopic (exact) mass is 282 g/mol. The summed E-state index contributed by atoms with van der Waals surface area (Å²) in [6.07, 6.45) is 2.13. The third kappa shape index (κ3) is 5.19. The molecule has 0 unspecified atom stereocenters. The van der Waals surface area contributed by atoms with Crippen molar-refractivity contribution in [3.8, 4) is 5.75 Å². The van der Waals surface area contributed by atoms with Crippen molar-refractivity contribution >= 4 is 5.97 Å². The molecule has 0 saturated carbocycles. The van der Waals surface area contributed by atoms with Gasteiger partial charge in [-0.3, -0.25) is 4.79 Å². The number of benzene rings is 1. The second-order valence-corrected chi connectivity index (χ2v) is 4.94. The number of rotatable bonds is 8. The molecule has 0 atom stereocenters. The van der Waals surface area contributed by atoms with E-state index in [-0.39, 0.29) is 17.7 Å². The average Bonchev–Trinajstić information content (AvgIpc) is 2.42. The highest BCUT2D eigenvalue weighted by atomic mass is 19.1. The number of carbonyl (C=O) groups is 1. The molecular weight excluding hydrogens is 259 g/mol. The van der Waals surface area contributed by atoms with Crippen molar-refractivity contribution in [1.82, 2.24) is 0 Å². The van der Waals surface area contributed by atoms with E-state index >= 15 is 0 Å². The van der Waals surface area contributed by atoms with Crippen LogP contribution in [0.5, 0.6) is 5.75 Å². The Morgan fingerprint density at radius 2 is 2.05 bits per heavy atom. The predicted octanol–water partition coefficient (Wildman–Crippen LogP) is 3.75. The van der Waals surface area contributed by atoms with Gasteiger partial charge in [-0.1, -0.05) is 26.0 Å². The van der Waals surface area contributed by atoms with E-state index in [1.165, 1.54) is 0 Å². The Morgan fingerprint density at radius 1 is 1.30 bits per heavy atom. The molecule has 1 aromatic rings. The maximum atomic E-state index is 14.0. The van der Waals surface area contributed by atoms with Crippen LogP contribution >= 0.6 is 0 Å². The van der Waals surface area contributed by atoms with Crippen LogP contribution in [0.15, 0.2) is 18.2 Å². The minimum Gasteiger partial charge on any atom is -0.491 e. The van der Waals surface area contributed by atoms with Crippen LogP contribution in [0.2, 0.25) is 0 Å². The molecule has 0 bridgehead atoms. The zero-order valence-electron chi connectivity index (χ0n) is 12.4. The summed E-state index contributed by atoms with van der Waals surface area (Å²) < 4.78 is 24.3. The van der Waals surface area contributed by atoms with Crippen molar-refractivity contribution in [3.05, 3.63) is 29.6 Å². The lowest BCUT2D eigenvalue weighted by molar-refractivity contribution is -0.147. The van der Waals surface area contributed by atoms with Gasteiger partial charge in [0.25, 0.3) is 0 Å². The van der Waals surface area contributed by atoms with Crippen LogP contribution in [0.25, 0.3) is 0 Å². The molecule has 0 fully saturated rings. The van der Waals surface area contributed by atoms with E-state index in [2.05, 4.69) is 0 Å².